The number of phenolic OH excluding ortho intramolecular Hbond substituents is 1. The molecule has 5 heteroatoms. The van der Waals surface area contributed by atoms with Gasteiger partial charge in [0.15, 0.2) is 0 Å². The average Bonchev–Trinajstić information content (AvgIpc) is 2.44. The van der Waals surface area contributed by atoms with Crippen LogP contribution in [0.1, 0.15) is 37.0 Å². The second-order valence-corrected chi connectivity index (χ2v) is 3.65. The van der Waals surface area contributed by atoms with E-state index in [2.05, 4.69) is 4.74 Å². The molecule has 0 fully saturated rings. The molecule has 0 aliphatic heterocycles. The minimum atomic E-state index is -0.346. The Kier molecular flexibility index (Phi) is 9.88. The first-order chi connectivity index (χ1) is 9.15. The maximum atomic E-state index is 11.2. The summed E-state index contributed by atoms with van der Waals surface area (Å²) in [6, 6.07) is 5.99. The zero-order chi connectivity index (χ0) is 14.5. The summed E-state index contributed by atoms with van der Waals surface area (Å²) in [5.41, 5.74) is 0.464. The van der Waals surface area contributed by atoms with Gasteiger partial charge in [-0.05, 0) is 37.1 Å². The largest absolute Gasteiger partial charge is 0.508 e. The van der Waals surface area contributed by atoms with Crippen LogP contribution in [0, 0.1) is 0 Å². The fourth-order valence-electron chi connectivity index (χ4n) is 1.04. The summed E-state index contributed by atoms with van der Waals surface area (Å²) >= 11 is 0. The van der Waals surface area contributed by atoms with Crippen molar-refractivity contribution >= 4 is 12.4 Å². The molecule has 1 N–H and O–H groups in total. The van der Waals surface area contributed by atoms with Crippen molar-refractivity contribution in [2.24, 2.45) is 0 Å². The molecule has 0 atom stereocenters. The van der Waals surface area contributed by atoms with Gasteiger partial charge >= 0.3 is 5.97 Å². The molecular weight excluding hydrogens is 248 g/mol. The summed E-state index contributed by atoms with van der Waals surface area (Å²) in [6.07, 6.45) is 1.71. The van der Waals surface area contributed by atoms with Crippen LogP contribution in [0.15, 0.2) is 24.3 Å². The van der Waals surface area contributed by atoms with Gasteiger partial charge in [0.2, 0.25) is 0 Å². The summed E-state index contributed by atoms with van der Waals surface area (Å²) in [5, 5.41) is 8.96. The number of hydrogen-bond acceptors (Lipinski definition) is 5. The molecule has 0 saturated heterocycles. The summed E-state index contributed by atoms with van der Waals surface area (Å²) in [6.45, 7) is 5.32. The molecule has 106 valence electrons. The number of hydrogen-bond donors (Lipinski definition) is 1. The van der Waals surface area contributed by atoms with Crippen molar-refractivity contribution < 1.29 is 24.2 Å². The van der Waals surface area contributed by atoms with E-state index in [0.29, 0.717) is 25.2 Å². The molecule has 0 amide bonds. The van der Waals surface area contributed by atoms with E-state index < -0.39 is 0 Å². The second kappa shape index (κ2) is 11.1. The highest BCUT2D eigenvalue weighted by Crippen LogP contribution is 2.10. The van der Waals surface area contributed by atoms with Crippen LogP contribution in [0.5, 0.6) is 5.75 Å². The van der Waals surface area contributed by atoms with Crippen LogP contribution in [0.25, 0.3) is 0 Å². The van der Waals surface area contributed by atoms with Gasteiger partial charge < -0.3 is 14.6 Å². The van der Waals surface area contributed by atoms with Crippen molar-refractivity contribution in [1.29, 1.82) is 0 Å². The minimum absolute atomic E-state index is 0.145. The quantitative estimate of drug-likeness (QED) is 0.487. The van der Waals surface area contributed by atoms with E-state index in [0.717, 1.165) is 12.8 Å². The first-order valence-electron chi connectivity index (χ1n) is 6.17. The lowest BCUT2D eigenvalue weighted by Crippen LogP contribution is -2.05. The molecule has 0 spiro atoms. The zero-order valence-corrected chi connectivity index (χ0v) is 11.3. The number of benzene rings is 1. The first-order valence-corrected chi connectivity index (χ1v) is 6.17. The van der Waals surface area contributed by atoms with Crippen molar-refractivity contribution in [3.8, 4) is 5.75 Å². The predicted octanol–water partition coefficient (Wildman–Crippen LogP) is 2.53. The molecule has 0 heterocycles. The Labute approximate surface area is 113 Å². The van der Waals surface area contributed by atoms with Crippen LogP contribution in [0.4, 0.5) is 0 Å². The SMILES string of the molecule is CCCOC(=O)c1ccc(O)cc1.CCCOC=O. The van der Waals surface area contributed by atoms with Gasteiger partial charge in [-0.25, -0.2) is 4.79 Å². The fourth-order valence-corrected chi connectivity index (χ4v) is 1.04. The van der Waals surface area contributed by atoms with E-state index >= 15 is 0 Å². The molecule has 1 rings (SSSR count). The van der Waals surface area contributed by atoms with Crippen LogP contribution in [0.3, 0.4) is 0 Å². The smallest absolute Gasteiger partial charge is 0.338 e. The molecule has 0 bridgehead atoms. The Morgan fingerprint density at radius 3 is 2.16 bits per heavy atom. The van der Waals surface area contributed by atoms with Gasteiger partial charge in [0, 0.05) is 0 Å². The first kappa shape index (κ1) is 17.0. The van der Waals surface area contributed by atoms with Gasteiger partial charge in [0.1, 0.15) is 5.75 Å². The lowest BCUT2D eigenvalue weighted by atomic mass is 10.2. The molecule has 1 aromatic rings. The number of aromatic hydroxyl groups is 1. The van der Waals surface area contributed by atoms with Crippen LogP contribution < -0.4 is 0 Å². The van der Waals surface area contributed by atoms with E-state index in [1.54, 1.807) is 0 Å². The number of carbonyl (C=O) groups is 2. The number of rotatable bonds is 6. The Morgan fingerprint density at radius 1 is 1.16 bits per heavy atom. The molecule has 0 unspecified atom stereocenters. The summed E-state index contributed by atoms with van der Waals surface area (Å²) in [7, 11) is 0. The van der Waals surface area contributed by atoms with Crippen molar-refractivity contribution in [2.45, 2.75) is 26.7 Å². The van der Waals surface area contributed by atoms with E-state index in [1.807, 2.05) is 13.8 Å². The van der Waals surface area contributed by atoms with Gasteiger partial charge in [0.25, 0.3) is 6.47 Å². The zero-order valence-electron chi connectivity index (χ0n) is 11.3. The predicted molar refractivity (Wildman–Crippen MR) is 71.0 cm³/mol. The maximum absolute atomic E-state index is 11.2. The van der Waals surface area contributed by atoms with Crippen LogP contribution in [-0.2, 0) is 14.3 Å². The standard InChI is InChI=1S/C10H12O3.C4H8O2/c1-2-7-13-10(12)8-3-5-9(11)6-4-8;1-2-3-6-4-5/h3-6,11H,2,7H2,1H3;4H,2-3H2,1H3. The monoisotopic (exact) mass is 268 g/mol. The second-order valence-electron chi connectivity index (χ2n) is 3.65. The van der Waals surface area contributed by atoms with Crippen molar-refractivity contribution in [3.05, 3.63) is 29.8 Å². The van der Waals surface area contributed by atoms with Gasteiger partial charge in [-0.3, -0.25) is 4.79 Å². The molecule has 0 aliphatic rings. The van der Waals surface area contributed by atoms with Gasteiger partial charge in [0.05, 0.1) is 18.8 Å². The van der Waals surface area contributed by atoms with Crippen LogP contribution in [0.2, 0.25) is 0 Å². The van der Waals surface area contributed by atoms with Crippen molar-refractivity contribution in [2.75, 3.05) is 13.2 Å². The minimum Gasteiger partial charge on any atom is -0.508 e. The lowest BCUT2D eigenvalue weighted by molar-refractivity contribution is -0.128. The fraction of sp³-hybridized carbons (Fsp3) is 0.429. The van der Waals surface area contributed by atoms with E-state index in [-0.39, 0.29) is 11.7 Å². The molecule has 5 nitrogen and oxygen atoms in total. The van der Waals surface area contributed by atoms with Crippen molar-refractivity contribution in [3.63, 3.8) is 0 Å². The van der Waals surface area contributed by atoms with E-state index in [4.69, 9.17) is 9.84 Å². The van der Waals surface area contributed by atoms with E-state index in [9.17, 15) is 9.59 Å². The molecule has 0 radical (unpaired) electrons. The average molecular weight is 268 g/mol. The molecule has 0 saturated carbocycles. The molecule has 19 heavy (non-hydrogen) atoms. The Balaban J connectivity index is 0.000000459. The topological polar surface area (TPSA) is 72.8 Å². The molecule has 0 aromatic heterocycles. The Bertz CT molecular complexity index is 359. The van der Waals surface area contributed by atoms with Crippen molar-refractivity contribution in [1.82, 2.24) is 0 Å². The summed E-state index contributed by atoms with van der Waals surface area (Å²) in [5.74, 6) is -0.200. The number of carbonyl (C=O) groups excluding carboxylic acids is 2. The summed E-state index contributed by atoms with van der Waals surface area (Å²) in [4.78, 5) is 20.6. The van der Waals surface area contributed by atoms with Crippen LogP contribution >= 0.6 is 0 Å². The van der Waals surface area contributed by atoms with Gasteiger partial charge in [-0.2, -0.15) is 0 Å². The highest BCUT2D eigenvalue weighted by molar-refractivity contribution is 5.89. The Morgan fingerprint density at radius 2 is 1.74 bits per heavy atom. The van der Waals surface area contributed by atoms with Gasteiger partial charge in [-0.15, -0.1) is 0 Å². The lowest BCUT2D eigenvalue weighted by Gasteiger charge is -2.02. The number of ether oxygens (including phenoxy) is 2. The van der Waals surface area contributed by atoms with E-state index in [1.165, 1.54) is 24.3 Å². The maximum Gasteiger partial charge on any atom is 0.338 e. The number of esters is 1. The molecule has 1 aromatic carbocycles. The molecule has 0 aliphatic carbocycles. The molecular formula is C14H20O5. The van der Waals surface area contributed by atoms with Gasteiger partial charge in [-0.1, -0.05) is 13.8 Å². The normalized spacial score (nSPS) is 8.95. The summed E-state index contributed by atoms with van der Waals surface area (Å²) < 4.78 is 9.20. The highest BCUT2D eigenvalue weighted by Gasteiger charge is 2.05. The highest BCUT2D eigenvalue weighted by atomic mass is 16.5. The number of phenols is 1. The van der Waals surface area contributed by atoms with Crippen LogP contribution in [-0.4, -0.2) is 30.8 Å². The Hall–Kier alpha value is -2.04. The third kappa shape index (κ3) is 8.65. The third-order valence-electron chi connectivity index (χ3n) is 1.93. The third-order valence-corrected chi connectivity index (χ3v) is 1.93.